The van der Waals surface area contributed by atoms with Gasteiger partial charge in [-0.1, -0.05) is 72.8 Å². The monoisotopic (exact) mass is 772 g/mol. The van der Waals surface area contributed by atoms with Gasteiger partial charge in [0.2, 0.25) is 0 Å². The van der Waals surface area contributed by atoms with E-state index in [0.29, 0.717) is 30.8 Å². The lowest BCUT2D eigenvalue weighted by molar-refractivity contribution is -0.162. The fraction of sp³-hybridized carbons (Fsp3) is 0.319. The fourth-order valence-corrected chi connectivity index (χ4v) is 9.20. The predicted molar refractivity (Wildman–Crippen MR) is 216 cm³/mol. The van der Waals surface area contributed by atoms with Gasteiger partial charge in [-0.05, 0) is 100 Å². The molecular formula is C47H48O10. The van der Waals surface area contributed by atoms with E-state index in [-0.39, 0.29) is 42.6 Å². The van der Waals surface area contributed by atoms with Crippen LogP contribution in [0.25, 0.3) is 16.8 Å². The number of phenols is 3. The van der Waals surface area contributed by atoms with Gasteiger partial charge in [0.15, 0.2) is 23.0 Å². The van der Waals surface area contributed by atoms with Gasteiger partial charge in [0.25, 0.3) is 0 Å². The van der Waals surface area contributed by atoms with Crippen LogP contribution in [0.5, 0.6) is 28.7 Å². The summed E-state index contributed by atoms with van der Waals surface area (Å²) in [6.07, 6.45) is 4.06. The Labute approximate surface area is 331 Å². The summed E-state index contributed by atoms with van der Waals surface area (Å²) in [6.45, 7) is 1.09. The zero-order valence-electron chi connectivity index (χ0n) is 32.3. The Morgan fingerprint density at radius 2 is 1.54 bits per heavy atom. The number of ether oxygens (including phenoxy) is 4. The number of fused-ring (bicyclic) bond motifs is 3. The maximum Gasteiger partial charge on any atom is 0.310 e. The van der Waals surface area contributed by atoms with Crippen molar-refractivity contribution in [1.82, 2.24) is 0 Å². The summed E-state index contributed by atoms with van der Waals surface area (Å²) in [4.78, 5) is 26.8. The number of methoxy groups -OCH3 is 2. The number of phenolic OH excluding ortho intramolecular Hbond substituents is 3. The summed E-state index contributed by atoms with van der Waals surface area (Å²) in [6, 6.07) is 29.2. The second-order valence-corrected chi connectivity index (χ2v) is 15.2. The quantitative estimate of drug-likeness (QED) is 0.103. The van der Waals surface area contributed by atoms with Crippen LogP contribution in [0.4, 0.5) is 0 Å². The number of aromatic hydroxyl groups is 3. The molecule has 2 aliphatic rings. The molecule has 6 atom stereocenters. The number of hydrogen-bond acceptors (Lipinski definition) is 10. The zero-order chi connectivity index (χ0) is 40.3. The smallest absolute Gasteiger partial charge is 0.310 e. The summed E-state index contributed by atoms with van der Waals surface area (Å²) >= 11 is 0. The van der Waals surface area contributed by atoms with E-state index in [0.717, 1.165) is 38.6 Å². The predicted octanol–water partition coefficient (Wildman–Crippen LogP) is 7.98. The lowest BCUT2D eigenvalue weighted by Gasteiger charge is -2.54. The van der Waals surface area contributed by atoms with Gasteiger partial charge in [0.1, 0.15) is 18.0 Å². The highest BCUT2D eigenvalue weighted by Gasteiger charge is 2.54. The van der Waals surface area contributed by atoms with Crippen LogP contribution in [0.15, 0.2) is 103 Å². The molecule has 0 bridgehead atoms. The molecule has 10 heteroatoms. The van der Waals surface area contributed by atoms with E-state index in [9.17, 15) is 30.0 Å². The van der Waals surface area contributed by atoms with Crippen LogP contribution in [-0.2, 0) is 31.9 Å². The Morgan fingerprint density at radius 1 is 0.807 bits per heavy atom. The second kappa shape index (κ2) is 16.6. The minimum atomic E-state index is -0.872. The van der Waals surface area contributed by atoms with E-state index in [1.54, 1.807) is 42.5 Å². The molecule has 0 aromatic heterocycles. The minimum absolute atomic E-state index is 0.000321. The number of carbonyl (C=O) groups is 2. The van der Waals surface area contributed by atoms with Crippen molar-refractivity contribution < 1.29 is 49.0 Å². The standard InChI is InChI=1S/C47H48O10/c1-28(49)56-43-24-37(57-46(53)18-30-9-10-32-19-36(50)13-11-31(32)17-30)20-35(33-12-14-41(51)44(22-33)54-2)26-47(16-15-29-7-5-4-6-8-29)39(43)21-34-23-45(55-3)42(52)25-38(34)40(47)27-48/h4-17,19,22-23,25,35,37,39-40,43,48,50-52H,18,20-21,24,26-27H2,1-3H3/b16-15+/t35-,37+,39+,40-,43-,47-/m1/s1. The molecule has 5 aromatic rings. The SMILES string of the molecule is COc1cc([C@@H]2C[C@H](OC(=O)Cc3ccc4cc(O)ccc4c3)C[C@@H](OC(C)=O)[C@@H]3Cc4cc(OC)c(O)cc4[C@@H](CO)[C@]3(/C=C/c3ccccc3)C2)ccc1O. The van der Waals surface area contributed by atoms with Gasteiger partial charge in [-0.15, -0.1) is 0 Å². The highest BCUT2D eigenvalue weighted by molar-refractivity contribution is 5.85. The summed E-state index contributed by atoms with van der Waals surface area (Å²) < 4.78 is 23.7. The van der Waals surface area contributed by atoms with Gasteiger partial charge in [-0.25, -0.2) is 0 Å². The molecule has 57 heavy (non-hydrogen) atoms. The first-order valence-electron chi connectivity index (χ1n) is 19.2. The number of aliphatic hydroxyl groups excluding tert-OH is 1. The number of hydrogen-bond donors (Lipinski definition) is 4. The van der Waals surface area contributed by atoms with E-state index < -0.39 is 41.4 Å². The molecule has 296 valence electrons. The molecule has 0 radical (unpaired) electrons. The van der Waals surface area contributed by atoms with Gasteiger partial charge in [0, 0.05) is 30.6 Å². The molecule has 1 fully saturated rings. The molecule has 0 aliphatic heterocycles. The highest BCUT2D eigenvalue weighted by atomic mass is 16.6. The third-order valence-corrected chi connectivity index (χ3v) is 11.8. The maximum atomic E-state index is 13.9. The van der Waals surface area contributed by atoms with E-state index >= 15 is 0 Å². The second-order valence-electron chi connectivity index (χ2n) is 15.2. The molecule has 2 aliphatic carbocycles. The topological polar surface area (TPSA) is 152 Å². The van der Waals surface area contributed by atoms with Gasteiger partial charge >= 0.3 is 11.9 Å². The molecule has 0 saturated heterocycles. The Morgan fingerprint density at radius 3 is 2.28 bits per heavy atom. The number of benzene rings is 5. The first-order chi connectivity index (χ1) is 27.5. The van der Waals surface area contributed by atoms with Crippen molar-refractivity contribution in [2.45, 2.75) is 63.1 Å². The molecule has 4 N–H and O–H groups in total. The lowest BCUT2D eigenvalue weighted by Crippen LogP contribution is -2.51. The van der Waals surface area contributed by atoms with Crippen molar-refractivity contribution >= 4 is 28.8 Å². The van der Waals surface area contributed by atoms with Gasteiger partial charge in [-0.2, -0.15) is 0 Å². The van der Waals surface area contributed by atoms with Crippen molar-refractivity contribution in [3.63, 3.8) is 0 Å². The molecule has 7 rings (SSSR count). The van der Waals surface area contributed by atoms with Crippen LogP contribution < -0.4 is 9.47 Å². The van der Waals surface area contributed by atoms with Crippen LogP contribution in [0.1, 0.15) is 65.8 Å². The zero-order valence-corrected chi connectivity index (χ0v) is 32.3. The molecule has 0 unspecified atom stereocenters. The molecule has 1 saturated carbocycles. The van der Waals surface area contributed by atoms with Crippen LogP contribution in [0.3, 0.4) is 0 Å². The number of aliphatic hydroxyl groups is 1. The third kappa shape index (κ3) is 8.27. The van der Waals surface area contributed by atoms with Crippen molar-refractivity contribution in [3.05, 3.63) is 131 Å². The minimum Gasteiger partial charge on any atom is -0.508 e. The number of carbonyl (C=O) groups excluding carboxylic acids is 2. The van der Waals surface area contributed by atoms with Gasteiger partial charge < -0.3 is 39.4 Å². The molecule has 0 heterocycles. The Balaban J connectivity index is 1.35. The largest absolute Gasteiger partial charge is 0.508 e. The normalized spacial score (nSPS) is 23.1. The van der Waals surface area contributed by atoms with E-state index in [2.05, 4.69) is 6.08 Å². The molecular weight excluding hydrogens is 725 g/mol. The van der Waals surface area contributed by atoms with Gasteiger partial charge in [-0.3, -0.25) is 9.59 Å². The number of esters is 2. The Bertz CT molecular complexity index is 2280. The van der Waals surface area contributed by atoms with Crippen molar-refractivity contribution in [1.29, 1.82) is 0 Å². The summed E-state index contributed by atoms with van der Waals surface area (Å²) in [5.74, 6) is -1.55. The average molecular weight is 773 g/mol. The van der Waals surface area contributed by atoms with E-state index in [1.165, 1.54) is 21.1 Å². The number of rotatable bonds is 10. The molecule has 10 nitrogen and oxygen atoms in total. The van der Waals surface area contributed by atoms with Crippen molar-refractivity contribution in [3.8, 4) is 28.7 Å². The molecule has 5 aromatic carbocycles. The number of allylic oxidation sites excluding steroid dienone is 1. The first kappa shape index (κ1) is 39.2. The van der Waals surface area contributed by atoms with E-state index in [1.807, 2.05) is 60.7 Å². The molecule has 0 spiro atoms. The highest BCUT2D eigenvalue weighted by Crippen LogP contribution is 2.59. The first-order valence-corrected chi connectivity index (χ1v) is 19.2. The van der Waals surface area contributed by atoms with Crippen LogP contribution in [-0.4, -0.2) is 65.4 Å². The average Bonchev–Trinajstić information content (AvgIpc) is 3.19. The van der Waals surface area contributed by atoms with Crippen LogP contribution >= 0.6 is 0 Å². The summed E-state index contributed by atoms with van der Waals surface area (Å²) in [5.41, 5.74) is 3.26. The van der Waals surface area contributed by atoms with E-state index in [4.69, 9.17) is 18.9 Å². The third-order valence-electron chi connectivity index (χ3n) is 11.8. The molecule has 0 amide bonds. The summed E-state index contributed by atoms with van der Waals surface area (Å²) in [5, 5.41) is 44.8. The van der Waals surface area contributed by atoms with Gasteiger partial charge in [0.05, 0.1) is 27.2 Å². The maximum absolute atomic E-state index is 13.9. The Kier molecular flexibility index (Phi) is 11.4. The van der Waals surface area contributed by atoms with Crippen molar-refractivity contribution in [2.75, 3.05) is 20.8 Å². The Hall–Kier alpha value is -6.00. The van der Waals surface area contributed by atoms with Crippen LogP contribution in [0.2, 0.25) is 0 Å². The lowest BCUT2D eigenvalue weighted by atomic mass is 9.52. The summed E-state index contributed by atoms with van der Waals surface area (Å²) in [7, 11) is 2.97. The van der Waals surface area contributed by atoms with Crippen LogP contribution in [0, 0.1) is 11.3 Å². The fourth-order valence-electron chi connectivity index (χ4n) is 9.20. The van der Waals surface area contributed by atoms with Crippen molar-refractivity contribution in [2.24, 2.45) is 11.3 Å².